The molecule has 5 atom stereocenters. The van der Waals surface area contributed by atoms with E-state index in [1.54, 1.807) is 4.90 Å². The van der Waals surface area contributed by atoms with Crippen LogP contribution >= 0.6 is 0 Å². The van der Waals surface area contributed by atoms with E-state index in [0.717, 1.165) is 108 Å². The lowest BCUT2D eigenvalue weighted by Gasteiger charge is -2.42. The number of phenolic OH excluding ortho intramolecular Hbond substituents is 1. The number of benzene rings is 4. The molecule has 0 bridgehead atoms. The molecule has 13 nitrogen and oxygen atoms in total. The van der Waals surface area contributed by atoms with Gasteiger partial charge in [-0.25, -0.2) is 0 Å². The summed E-state index contributed by atoms with van der Waals surface area (Å²) in [5.74, 6) is 0.451. The van der Waals surface area contributed by atoms with Crippen molar-refractivity contribution in [3.63, 3.8) is 0 Å². The summed E-state index contributed by atoms with van der Waals surface area (Å²) in [4.78, 5) is 78.9. The summed E-state index contributed by atoms with van der Waals surface area (Å²) in [6, 6.07) is 31.3. The Kier molecular flexibility index (Phi) is 13.1. The second-order valence-electron chi connectivity index (χ2n) is 21.1. The van der Waals surface area contributed by atoms with E-state index >= 15 is 0 Å². The molecule has 2 N–H and O–H groups in total. The van der Waals surface area contributed by atoms with Gasteiger partial charge >= 0.3 is 0 Å². The maximum absolute atomic E-state index is 14.2. The number of piperazine rings is 2. The SMILES string of the molecule is O=C1CCC(N2Cc3cc(N4CCN(C(=O)[C@@H]5CCCC[C@H]5C(=O)N5CCN(CC6CCN(c7ccc([C@@H]8c9ccc(O)cc9CC[C@@H]8c8ccccc8)cc7)CC6)CC5)CC4)ccc3C2=O)C(=O)N1. The molecule has 4 aromatic carbocycles. The number of carbonyl (C=O) groups is 5. The number of fused-ring (bicyclic) bond motifs is 2. The van der Waals surface area contributed by atoms with E-state index in [-0.39, 0.29) is 47.8 Å². The van der Waals surface area contributed by atoms with E-state index in [1.807, 2.05) is 35.2 Å². The van der Waals surface area contributed by atoms with E-state index < -0.39 is 11.9 Å². The molecule has 1 unspecified atom stereocenters. The summed E-state index contributed by atoms with van der Waals surface area (Å²) in [7, 11) is 0. The Bertz CT molecular complexity index is 2600. The summed E-state index contributed by atoms with van der Waals surface area (Å²) in [5.41, 5.74) is 9.02. The summed E-state index contributed by atoms with van der Waals surface area (Å²) in [5, 5.41) is 12.7. The molecule has 1 saturated carbocycles. The largest absolute Gasteiger partial charge is 0.508 e. The number of hydrogen-bond donors (Lipinski definition) is 2. The average molecular weight is 946 g/mol. The number of hydrogen-bond acceptors (Lipinski definition) is 9. The molecule has 0 radical (unpaired) electrons. The number of nitrogens with zero attached hydrogens (tertiary/aromatic N) is 6. The monoisotopic (exact) mass is 946 g/mol. The summed E-state index contributed by atoms with van der Waals surface area (Å²) >= 11 is 0. The summed E-state index contributed by atoms with van der Waals surface area (Å²) in [6.45, 7) is 9.14. The quantitative estimate of drug-likeness (QED) is 0.180. The molecule has 11 rings (SSSR count). The van der Waals surface area contributed by atoms with Gasteiger partial charge in [0.05, 0.1) is 0 Å². The normalized spacial score (nSPS) is 25.7. The van der Waals surface area contributed by atoms with Crippen LogP contribution in [0.4, 0.5) is 11.4 Å². The van der Waals surface area contributed by atoms with Gasteiger partial charge in [0, 0.05) is 120 Å². The Morgan fingerprint density at radius 3 is 1.94 bits per heavy atom. The Morgan fingerprint density at radius 2 is 1.26 bits per heavy atom. The predicted octanol–water partition coefficient (Wildman–Crippen LogP) is 6.53. The molecule has 13 heteroatoms. The second-order valence-corrected chi connectivity index (χ2v) is 21.1. The topological polar surface area (TPSA) is 137 Å². The van der Waals surface area contributed by atoms with Crippen molar-refractivity contribution in [2.45, 2.75) is 88.6 Å². The molecule has 2 aliphatic carbocycles. The van der Waals surface area contributed by atoms with E-state index in [2.05, 4.69) is 85.6 Å². The number of phenols is 1. The van der Waals surface area contributed by atoms with Gasteiger partial charge in [-0.1, -0.05) is 61.4 Å². The lowest BCUT2D eigenvalue weighted by molar-refractivity contribution is -0.149. The van der Waals surface area contributed by atoms with Gasteiger partial charge in [0.1, 0.15) is 11.8 Å². The lowest BCUT2D eigenvalue weighted by atomic mass is 9.69. The Labute approximate surface area is 411 Å². The highest BCUT2D eigenvalue weighted by Gasteiger charge is 2.42. The lowest BCUT2D eigenvalue weighted by Crippen LogP contribution is -2.55. The number of carbonyl (C=O) groups excluding carboxylic acids is 5. The fourth-order valence-corrected chi connectivity index (χ4v) is 13.2. The molecule has 5 aliphatic heterocycles. The number of amides is 5. The highest BCUT2D eigenvalue weighted by Crippen LogP contribution is 2.47. The zero-order chi connectivity index (χ0) is 47.9. The first kappa shape index (κ1) is 46.2. The van der Waals surface area contributed by atoms with E-state index in [9.17, 15) is 29.1 Å². The number of rotatable bonds is 9. The Hall–Kier alpha value is -6.21. The molecule has 4 saturated heterocycles. The van der Waals surface area contributed by atoms with Crippen molar-refractivity contribution in [2.75, 3.05) is 81.8 Å². The summed E-state index contributed by atoms with van der Waals surface area (Å²) < 4.78 is 0. The molecule has 0 aromatic heterocycles. The van der Waals surface area contributed by atoms with Gasteiger partial charge in [0.15, 0.2) is 0 Å². The van der Waals surface area contributed by atoms with Gasteiger partial charge in [-0.15, -0.1) is 0 Å². The predicted molar refractivity (Wildman–Crippen MR) is 269 cm³/mol. The van der Waals surface area contributed by atoms with Crippen molar-refractivity contribution < 1.29 is 29.1 Å². The molecular formula is C57H67N7O6. The maximum atomic E-state index is 14.2. The number of nitrogens with one attached hydrogen (secondary N) is 1. The van der Waals surface area contributed by atoms with Crippen LogP contribution in [0, 0.1) is 17.8 Å². The third kappa shape index (κ3) is 9.29. The number of aryl methyl sites for hydroxylation is 1. The van der Waals surface area contributed by atoms with Crippen molar-refractivity contribution >= 4 is 40.9 Å². The van der Waals surface area contributed by atoms with Crippen LogP contribution in [0.25, 0.3) is 0 Å². The van der Waals surface area contributed by atoms with Crippen LogP contribution in [-0.4, -0.2) is 132 Å². The van der Waals surface area contributed by atoms with Gasteiger partial charge in [0.25, 0.3) is 5.91 Å². The minimum absolute atomic E-state index is 0.117. The van der Waals surface area contributed by atoms with Gasteiger partial charge < -0.3 is 29.6 Å². The first-order valence-electron chi connectivity index (χ1n) is 26.2. The fraction of sp³-hybridized carbons (Fsp3) is 0.491. The average Bonchev–Trinajstić information content (AvgIpc) is 3.73. The van der Waals surface area contributed by atoms with Gasteiger partial charge in [-0.2, -0.15) is 0 Å². The zero-order valence-corrected chi connectivity index (χ0v) is 40.4. The number of imide groups is 1. The number of piperidine rings is 2. The van der Waals surface area contributed by atoms with Crippen LogP contribution in [0.5, 0.6) is 5.75 Å². The highest BCUT2D eigenvalue weighted by atomic mass is 16.3. The minimum Gasteiger partial charge on any atom is -0.508 e. The first-order valence-corrected chi connectivity index (χ1v) is 26.2. The minimum atomic E-state index is -0.645. The molecule has 70 heavy (non-hydrogen) atoms. The second kappa shape index (κ2) is 19.9. The van der Waals surface area contributed by atoms with Crippen molar-refractivity contribution in [3.8, 4) is 5.75 Å². The van der Waals surface area contributed by atoms with Gasteiger partial charge in [-0.05, 0) is 127 Å². The van der Waals surface area contributed by atoms with E-state index in [1.165, 1.54) is 27.9 Å². The molecule has 4 aromatic rings. The van der Waals surface area contributed by atoms with E-state index in [4.69, 9.17) is 0 Å². The van der Waals surface area contributed by atoms with Crippen LogP contribution in [0.1, 0.15) is 108 Å². The van der Waals surface area contributed by atoms with Crippen LogP contribution in [0.15, 0.2) is 91.0 Å². The first-order chi connectivity index (χ1) is 34.1. The zero-order valence-electron chi connectivity index (χ0n) is 40.4. The van der Waals surface area contributed by atoms with Gasteiger partial charge in [0.2, 0.25) is 23.6 Å². The van der Waals surface area contributed by atoms with Crippen LogP contribution < -0.4 is 15.1 Å². The van der Waals surface area contributed by atoms with Crippen LogP contribution in [0.3, 0.4) is 0 Å². The van der Waals surface area contributed by atoms with Crippen molar-refractivity contribution in [2.24, 2.45) is 17.8 Å². The Balaban J connectivity index is 0.640. The third-order valence-corrected chi connectivity index (χ3v) is 17.1. The van der Waals surface area contributed by atoms with Crippen molar-refractivity contribution in [1.82, 2.24) is 24.9 Å². The Morgan fingerprint density at radius 1 is 0.600 bits per heavy atom. The third-order valence-electron chi connectivity index (χ3n) is 17.1. The smallest absolute Gasteiger partial charge is 0.255 e. The summed E-state index contributed by atoms with van der Waals surface area (Å²) in [6.07, 6.45) is 8.36. The standard InChI is InChI=1S/C57H67N7O6/c65-45-16-19-47-41(35-45)12-17-46(39-6-2-1-3-7-39)53(47)40-10-13-43(14-11-40)60-24-22-38(23-25-60)36-59-26-28-62(29-27-59)55(68)49-8-4-5-9-50(49)56(69)63-32-30-61(31-33-63)44-15-18-48-42(34-44)37-64(57(48)70)51-20-21-52(66)58-54(51)67/h1-3,6-7,10-11,13-16,18-19,34-35,38,46,49-51,53,65H,4-5,8-9,12,17,20-33,36-37H2,(H,58,66,67)/t46-,49-,50-,51?,53+/m1/s1. The fourth-order valence-electron chi connectivity index (χ4n) is 13.2. The van der Waals surface area contributed by atoms with Crippen molar-refractivity contribution in [3.05, 3.63) is 124 Å². The molecule has 366 valence electrons. The number of aromatic hydroxyl groups is 1. The van der Waals surface area contributed by atoms with E-state index in [0.29, 0.717) is 62.3 Å². The molecule has 0 spiro atoms. The molecule has 7 aliphatic rings. The maximum Gasteiger partial charge on any atom is 0.255 e. The molecular weight excluding hydrogens is 879 g/mol. The van der Waals surface area contributed by atoms with Crippen LogP contribution in [-0.2, 0) is 32.1 Å². The van der Waals surface area contributed by atoms with Crippen molar-refractivity contribution in [1.29, 1.82) is 0 Å². The molecule has 5 fully saturated rings. The molecule has 5 amide bonds. The van der Waals surface area contributed by atoms with Gasteiger partial charge in [-0.3, -0.25) is 34.2 Å². The highest BCUT2D eigenvalue weighted by molar-refractivity contribution is 6.05. The molecule has 5 heterocycles. The van der Waals surface area contributed by atoms with Crippen LogP contribution in [0.2, 0.25) is 0 Å². The number of anilines is 2.